The molecule has 1 amide bonds. The van der Waals surface area contributed by atoms with Crippen LogP contribution in [0.2, 0.25) is 5.02 Å². The van der Waals surface area contributed by atoms with Crippen molar-refractivity contribution in [2.75, 3.05) is 24.7 Å². The fraction of sp³-hybridized carbons (Fsp3) is 0.208. The van der Waals surface area contributed by atoms with Gasteiger partial charge in [-0.2, -0.15) is 18.3 Å². The van der Waals surface area contributed by atoms with Gasteiger partial charge in [0.15, 0.2) is 0 Å². The van der Waals surface area contributed by atoms with Crippen LogP contribution in [0.1, 0.15) is 22.7 Å². The number of halogens is 4. The topological polar surface area (TPSA) is 57.6 Å². The van der Waals surface area contributed by atoms with Crippen molar-refractivity contribution in [2.24, 2.45) is 5.10 Å². The molecule has 0 saturated carbocycles. The van der Waals surface area contributed by atoms with Crippen molar-refractivity contribution >= 4 is 40.7 Å². The highest BCUT2D eigenvalue weighted by Gasteiger charge is 2.34. The molecule has 1 atom stereocenters. The van der Waals surface area contributed by atoms with E-state index in [4.69, 9.17) is 11.6 Å². The quantitative estimate of drug-likeness (QED) is 0.423. The summed E-state index contributed by atoms with van der Waals surface area (Å²) in [5.41, 5.74) is 1.66. The highest BCUT2D eigenvalue weighted by atomic mass is 35.5. The third-order valence-electron chi connectivity index (χ3n) is 5.28. The van der Waals surface area contributed by atoms with Crippen LogP contribution in [-0.4, -0.2) is 41.0 Å². The lowest BCUT2D eigenvalue weighted by Gasteiger charge is -2.16. The molecule has 176 valence electrons. The average Bonchev–Trinajstić information content (AvgIpc) is 3.23. The van der Waals surface area contributed by atoms with E-state index in [0.717, 1.165) is 22.7 Å². The van der Waals surface area contributed by atoms with Gasteiger partial charge < -0.3 is 5.32 Å². The van der Waals surface area contributed by atoms with Gasteiger partial charge in [0.1, 0.15) is 6.54 Å². The van der Waals surface area contributed by atoms with Crippen molar-refractivity contribution in [1.29, 1.82) is 0 Å². The lowest BCUT2D eigenvalue weighted by atomic mass is 9.94. The number of hydrazone groups is 1. The SMILES string of the molecule is CSc1ccc(NC(=O)CN2CC(c3ccc(C(F)(F)F)cn3)C(c3ccc(Cl)cc3)=N2)cc1. The molecule has 4 rings (SSSR count). The van der Waals surface area contributed by atoms with Gasteiger partial charge in [-0.1, -0.05) is 23.7 Å². The lowest BCUT2D eigenvalue weighted by molar-refractivity contribution is -0.137. The maximum atomic E-state index is 13.0. The van der Waals surface area contributed by atoms with Crippen LogP contribution < -0.4 is 5.32 Å². The molecule has 3 aromatic rings. The first kappa shape index (κ1) is 24.1. The minimum Gasteiger partial charge on any atom is -0.324 e. The summed E-state index contributed by atoms with van der Waals surface area (Å²) in [7, 11) is 0. The van der Waals surface area contributed by atoms with Gasteiger partial charge in [-0.3, -0.25) is 14.8 Å². The molecule has 0 saturated heterocycles. The number of alkyl halides is 3. The minimum absolute atomic E-state index is 0.0154. The Morgan fingerprint density at radius 3 is 2.41 bits per heavy atom. The van der Waals surface area contributed by atoms with E-state index in [1.807, 2.05) is 30.5 Å². The smallest absolute Gasteiger partial charge is 0.324 e. The molecule has 0 radical (unpaired) electrons. The first-order valence-corrected chi connectivity index (χ1v) is 11.9. The zero-order chi connectivity index (χ0) is 24.3. The predicted octanol–water partition coefficient (Wildman–Crippen LogP) is 5.92. The highest BCUT2D eigenvalue weighted by molar-refractivity contribution is 7.98. The Bertz CT molecular complexity index is 1180. The molecule has 34 heavy (non-hydrogen) atoms. The Hall–Kier alpha value is -3.04. The molecule has 5 nitrogen and oxygen atoms in total. The summed E-state index contributed by atoms with van der Waals surface area (Å²) in [6, 6.07) is 16.8. The number of benzene rings is 2. The van der Waals surface area contributed by atoms with Crippen LogP contribution in [0, 0.1) is 0 Å². The lowest BCUT2D eigenvalue weighted by Crippen LogP contribution is -2.29. The summed E-state index contributed by atoms with van der Waals surface area (Å²) in [5.74, 6) is -0.658. The van der Waals surface area contributed by atoms with Crippen LogP contribution in [0.4, 0.5) is 18.9 Å². The normalized spacial score (nSPS) is 15.9. The van der Waals surface area contributed by atoms with E-state index in [1.165, 1.54) is 6.07 Å². The fourth-order valence-electron chi connectivity index (χ4n) is 3.59. The van der Waals surface area contributed by atoms with E-state index in [0.29, 0.717) is 28.7 Å². The standard InChI is InChI=1S/C24H20ClF3N4OS/c1-34-19-9-7-18(8-10-19)30-22(33)14-32-13-20(21-11-4-16(12-29-21)24(26,27)28)23(31-32)15-2-5-17(25)6-3-15/h2-12,20H,13-14H2,1H3,(H,30,33). The number of amides is 1. The van der Waals surface area contributed by atoms with Crippen molar-refractivity contribution < 1.29 is 18.0 Å². The molecular weight excluding hydrogens is 485 g/mol. The number of rotatable bonds is 6. The molecule has 10 heteroatoms. The summed E-state index contributed by atoms with van der Waals surface area (Å²) in [4.78, 5) is 17.8. The molecule has 1 unspecified atom stereocenters. The van der Waals surface area contributed by atoms with Crippen molar-refractivity contribution in [1.82, 2.24) is 9.99 Å². The molecule has 1 N–H and O–H groups in total. The number of nitrogens with one attached hydrogen (secondary N) is 1. The van der Waals surface area contributed by atoms with Gasteiger partial charge in [-0.15, -0.1) is 11.8 Å². The number of nitrogens with zero attached hydrogens (tertiary/aromatic N) is 3. The first-order valence-electron chi connectivity index (χ1n) is 10.3. The Morgan fingerprint density at radius 2 is 1.82 bits per heavy atom. The maximum absolute atomic E-state index is 13.0. The van der Waals surface area contributed by atoms with E-state index >= 15 is 0 Å². The van der Waals surface area contributed by atoms with Gasteiger partial charge in [0.05, 0.1) is 29.4 Å². The molecule has 0 bridgehead atoms. The molecule has 1 aliphatic heterocycles. The van der Waals surface area contributed by atoms with Gasteiger partial charge in [0, 0.05) is 21.8 Å². The molecule has 1 aromatic heterocycles. The highest BCUT2D eigenvalue weighted by Crippen LogP contribution is 2.32. The van der Waals surface area contributed by atoms with Crippen molar-refractivity contribution in [2.45, 2.75) is 17.0 Å². The Kier molecular flexibility index (Phi) is 7.13. The van der Waals surface area contributed by atoms with Crippen LogP contribution in [-0.2, 0) is 11.0 Å². The molecule has 0 fully saturated rings. The fourth-order valence-corrected chi connectivity index (χ4v) is 4.13. The van der Waals surface area contributed by atoms with E-state index in [2.05, 4.69) is 15.4 Å². The minimum atomic E-state index is -4.47. The van der Waals surface area contributed by atoms with Gasteiger partial charge in [-0.25, -0.2) is 0 Å². The first-order chi connectivity index (χ1) is 16.2. The van der Waals surface area contributed by atoms with Gasteiger partial charge in [0.2, 0.25) is 5.91 Å². The summed E-state index contributed by atoms with van der Waals surface area (Å²) in [6.45, 7) is 0.285. The average molecular weight is 505 g/mol. The van der Waals surface area contributed by atoms with Crippen LogP contribution in [0.15, 0.2) is 76.9 Å². The number of pyridine rings is 1. The summed E-state index contributed by atoms with van der Waals surface area (Å²) >= 11 is 7.61. The molecule has 0 aliphatic carbocycles. The Morgan fingerprint density at radius 1 is 1.12 bits per heavy atom. The molecular formula is C24H20ClF3N4OS. The Labute approximate surface area is 204 Å². The number of carbonyl (C=O) groups is 1. The number of carbonyl (C=O) groups excluding carboxylic acids is 1. The monoisotopic (exact) mass is 504 g/mol. The summed E-state index contributed by atoms with van der Waals surface area (Å²) < 4.78 is 38.9. The van der Waals surface area contributed by atoms with Gasteiger partial charge >= 0.3 is 6.18 Å². The second kappa shape index (κ2) is 10.1. The van der Waals surface area contributed by atoms with Gasteiger partial charge in [0.25, 0.3) is 0 Å². The predicted molar refractivity (Wildman–Crippen MR) is 128 cm³/mol. The van der Waals surface area contributed by atoms with E-state index < -0.39 is 17.7 Å². The molecule has 2 heterocycles. The second-order valence-corrected chi connectivity index (χ2v) is 8.95. The van der Waals surface area contributed by atoms with E-state index in [-0.39, 0.29) is 12.5 Å². The van der Waals surface area contributed by atoms with Crippen LogP contribution in [0.25, 0.3) is 0 Å². The number of hydrogen-bond acceptors (Lipinski definition) is 5. The Balaban J connectivity index is 1.54. The largest absolute Gasteiger partial charge is 0.417 e. The van der Waals surface area contributed by atoms with Crippen molar-refractivity contribution in [3.63, 3.8) is 0 Å². The summed E-state index contributed by atoms with van der Waals surface area (Å²) in [5, 5.41) is 9.60. The third-order valence-corrected chi connectivity index (χ3v) is 6.28. The van der Waals surface area contributed by atoms with Crippen molar-refractivity contribution in [3.05, 3.63) is 88.7 Å². The van der Waals surface area contributed by atoms with E-state index in [9.17, 15) is 18.0 Å². The van der Waals surface area contributed by atoms with E-state index in [1.54, 1.807) is 41.0 Å². The molecule has 0 spiro atoms. The third kappa shape index (κ3) is 5.71. The number of hydrogen-bond donors (Lipinski definition) is 1. The second-order valence-electron chi connectivity index (χ2n) is 7.64. The van der Waals surface area contributed by atoms with Gasteiger partial charge in [-0.05, 0) is 60.4 Å². The molecule has 2 aromatic carbocycles. The number of aromatic nitrogens is 1. The zero-order valence-corrected chi connectivity index (χ0v) is 19.6. The zero-order valence-electron chi connectivity index (χ0n) is 18.0. The van der Waals surface area contributed by atoms with Crippen LogP contribution in [0.3, 0.4) is 0 Å². The maximum Gasteiger partial charge on any atom is 0.417 e. The number of thioether (sulfide) groups is 1. The number of anilines is 1. The van der Waals surface area contributed by atoms with Crippen molar-refractivity contribution in [3.8, 4) is 0 Å². The van der Waals surface area contributed by atoms with Crippen LogP contribution >= 0.6 is 23.4 Å². The van der Waals surface area contributed by atoms with Crippen LogP contribution in [0.5, 0.6) is 0 Å². The molecule has 1 aliphatic rings. The summed E-state index contributed by atoms with van der Waals surface area (Å²) in [6.07, 6.45) is -1.67.